The van der Waals surface area contributed by atoms with Crippen LogP contribution in [-0.4, -0.2) is 22.0 Å². The standard InChI is InChI=1S/C17H14O4/c1-11-4-2-3-5-12(11)6-8-15(18)14-10-13(17(20)21)7-9-16(14)19/h2-10,19H,1H3,(H,20,21)/b8-6+. The zero-order chi connectivity index (χ0) is 15.4. The van der Waals surface area contributed by atoms with Crippen LogP contribution in [0.4, 0.5) is 0 Å². The van der Waals surface area contributed by atoms with Crippen LogP contribution in [0, 0.1) is 6.92 Å². The van der Waals surface area contributed by atoms with E-state index in [1.807, 2.05) is 31.2 Å². The van der Waals surface area contributed by atoms with E-state index in [2.05, 4.69) is 0 Å². The minimum absolute atomic E-state index is 0.0280. The first-order chi connectivity index (χ1) is 9.99. The lowest BCUT2D eigenvalue weighted by atomic mass is 10.0. The van der Waals surface area contributed by atoms with Crippen LogP contribution in [0.2, 0.25) is 0 Å². The predicted molar refractivity (Wildman–Crippen MR) is 79.6 cm³/mol. The molecule has 0 fully saturated rings. The van der Waals surface area contributed by atoms with Gasteiger partial charge in [-0.2, -0.15) is 0 Å². The van der Waals surface area contributed by atoms with Gasteiger partial charge < -0.3 is 10.2 Å². The van der Waals surface area contributed by atoms with Crippen LogP contribution < -0.4 is 0 Å². The molecule has 21 heavy (non-hydrogen) atoms. The molecule has 2 rings (SSSR count). The van der Waals surface area contributed by atoms with Crippen LogP contribution in [0.3, 0.4) is 0 Å². The van der Waals surface area contributed by atoms with Gasteiger partial charge in [-0.25, -0.2) is 4.79 Å². The molecule has 0 bridgehead atoms. The van der Waals surface area contributed by atoms with Gasteiger partial charge >= 0.3 is 5.97 Å². The van der Waals surface area contributed by atoms with Gasteiger partial charge in [0.05, 0.1) is 11.1 Å². The van der Waals surface area contributed by atoms with E-state index in [9.17, 15) is 14.7 Å². The van der Waals surface area contributed by atoms with E-state index in [4.69, 9.17) is 5.11 Å². The maximum atomic E-state index is 12.1. The average molecular weight is 282 g/mol. The van der Waals surface area contributed by atoms with Crippen molar-refractivity contribution in [3.63, 3.8) is 0 Å². The molecule has 2 N–H and O–H groups in total. The van der Waals surface area contributed by atoms with Crippen LogP contribution in [0.5, 0.6) is 5.75 Å². The van der Waals surface area contributed by atoms with Crippen molar-refractivity contribution in [3.8, 4) is 5.75 Å². The third kappa shape index (κ3) is 3.36. The smallest absolute Gasteiger partial charge is 0.335 e. The monoisotopic (exact) mass is 282 g/mol. The van der Waals surface area contributed by atoms with Crippen molar-refractivity contribution in [2.45, 2.75) is 6.92 Å². The van der Waals surface area contributed by atoms with Crippen molar-refractivity contribution in [1.82, 2.24) is 0 Å². The van der Waals surface area contributed by atoms with Crippen LogP contribution in [0.25, 0.3) is 6.08 Å². The Morgan fingerprint density at radius 1 is 1.10 bits per heavy atom. The fraction of sp³-hybridized carbons (Fsp3) is 0.0588. The molecule has 0 radical (unpaired) electrons. The van der Waals surface area contributed by atoms with Gasteiger partial charge in [-0.3, -0.25) is 4.79 Å². The molecule has 0 amide bonds. The number of carbonyl (C=O) groups excluding carboxylic acids is 1. The van der Waals surface area contributed by atoms with Crippen molar-refractivity contribution < 1.29 is 19.8 Å². The normalized spacial score (nSPS) is 10.7. The predicted octanol–water partition coefficient (Wildman–Crippen LogP) is 3.29. The molecule has 0 aliphatic carbocycles. The molecular weight excluding hydrogens is 268 g/mol. The molecule has 0 spiro atoms. The Balaban J connectivity index is 2.31. The average Bonchev–Trinajstić information content (AvgIpc) is 2.46. The largest absolute Gasteiger partial charge is 0.507 e. The lowest BCUT2D eigenvalue weighted by Gasteiger charge is -2.03. The first-order valence-electron chi connectivity index (χ1n) is 6.33. The van der Waals surface area contributed by atoms with E-state index in [1.54, 1.807) is 6.08 Å². The second kappa shape index (κ2) is 6.05. The van der Waals surface area contributed by atoms with E-state index >= 15 is 0 Å². The lowest BCUT2D eigenvalue weighted by Crippen LogP contribution is -2.01. The fourth-order valence-corrected chi connectivity index (χ4v) is 1.90. The number of carbonyl (C=O) groups is 2. The van der Waals surface area contributed by atoms with Crippen LogP contribution in [0.1, 0.15) is 31.8 Å². The van der Waals surface area contributed by atoms with Crippen molar-refractivity contribution in [2.75, 3.05) is 0 Å². The Hall–Kier alpha value is -2.88. The number of carboxylic acid groups (broad SMARTS) is 1. The van der Waals surface area contributed by atoms with Crippen molar-refractivity contribution in [3.05, 3.63) is 70.8 Å². The Bertz CT molecular complexity index is 729. The molecule has 106 valence electrons. The molecule has 0 aliphatic heterocycles. The Morgan fingerprint density at radius 2 is 1.81 bits per heavy atom. The SMILES string of the molecule is Cc1ccccc1/C=C/C(=O)c1cc(C(=O)O)ccc1O. The first-order valence-corrected chi connectivity index (χ1v) is 6.33. The van der Waals surface area contributed by atoms with Crippen molar-refractivity contribution in [2.24, 2.45) is 0 Å². The Kier molecular flexibility index (Phi) is 4.18. The molecule has 4 nitrogen and oxygen atoms in total. The summed E-state index contributed by atoms with van der Waals surface area (Å²) in [4.78, 5) is 23.0. The third-order valence-electron chi connectivity index (χ3n) is 3.11. The number of benzene rings is 2. The summed E-state index contributed by atoms with van der Waals surface area (Å²) < 4.78 is 0. The number of phenolic OH excluding ortho intramolecular Hbond substituents is 1. The van der Waals surface area contributed by atoms with Crippen molar-refractivity contribution >= 4 is 17.8 Å². The number of carboxylic acids is 1. The molecular formula is C17H14O4. The van der Waals surface area contributed by atoms with E-state index in [0.717, 1.165) is 11.1 Å². The topological polar surface area (TPSA) is 74.6 Å². The van der Waals surface area contributed by atoms with E-state index in [-0.39, 0.29) is 16.9 Å². The number of hydrogen-bond acceptors (Lipinski definition) is 3. The minimum atomic E-state index is -1.15. The second-order valence-electron chi connectivity index (χ2n) is 4.59. The first kappa shape index (κ1) is 14.5. The molecule has 0 aliphatic rings. The van der Waals surface area contributed by atoms with Gasteiger partial charge in [0.2, 0.25) is 0 Å². The molecule has 0 heterocycles. The minimum Gasteiger partial charge on any atom is -0.507 e. The lowest BCUT2D eigenvalue weighted by molar-refractivity contribution is 0.0697. The van der Waals surface area contributed by atoms with Gasteiger partial charge in [0, 0.05) is 0 Å². The number of hydrogen-bond donors (Lipinski definition) is 2. The zero-order valence-electron chi connectivity index (χ0n) is 11.4. The number of phenols is 1. The summed E-state index contributed by atoms with van der Waals surface area (Å²) in [7, 11) is 0. The summed E-state index contributed by atoms with van der Waals surface area (Å²) in [6.45, 7) is 1.92. The van der Waals surface area contributed by atoms with Crippen molar-refractivity contribution in [1.29, 1.82) is 0 Å². The van der Waals surface area contributed by atoms with Crippen LogP contribution >= 0.6 is 0 Å². The van der Waals surface area contributed by atoms with Crippen LogP contribution in [-0.2, 0) is 0 Å². The van der Waals surface area contributed by atoms with Gasteiger partial charge in [-0.05, 0) is 42.3 Å². The summed E-state index contributed by atoms with van der Waals surface area (Å²) in [6.07, 6.45) is 2.97. The van der Waals surface area contributed by atoms with E-state index in [0.29, 0.717) is 0 Å². The Morgan fingerprint density at radius 3 is 2.48 bits per heavy atom. The van der Waals surface area contributed by atoms with Gasteiger partial charge in [0.15, 0.2) is 5.78 Å². The zero-order valence-corrected chi connectivity index (χ0v) is 11.4. The summed E-state index contributed by atoms with van der Waals surface area (Å²) in [5.41, 5.74) is 1.84. The van der Waals surface area contributed by atoms with Crippen LogP contribution in [0.15, 0.2) is 48.5 Å². The highest BCUT2D eigenvalue weighted by Crippen LogP contribution is 2.20. The molecule has 2 aromatic rings. The highest BCUT2D eigenvalue weighted by Gasteiger charge is 2.12. The number of ketones is 1. The molecule has 0 unspecified atom stereocenters. The van der Waals surface area contributed by atoms with Gasteiger partial charge in [-0.1, -0.05) is 30.3 Å². The third-order valence-corrected chi connectivity index (χ3v) is 3.11. The van der Waals surface area contributed by atoms with Gasteiger partial charge in [0.1, 0.15) is 5.75 Å². The number of aromatic hydroxyl groups is 1. The number of rotatable bonds is 4. The highest BCUT2D eigenvalue weighted by atomic mass is 16.4. The molecule has 0 atom stereocenters. The molecule has 0 aromatic heterocycles. The second-order valence-corrected chi connectivity index (χ2v) is 4.59. The molecule has 0 saturated carbocycles. The highest BCUT2D eigenvalue weighted by molar-refractivity contribution is 6.09. The maximum absolute atomic E-state index is 12.1. The van der Waals surface area contributed by atoms with E-state index < -0.39 is 11.8 Å². The molecule has 2 aromatic carbocycles. The Labute approximate surface area is 122 Å². The maximum Gasteiger partial charge on any atom is 0.335 e. The molecule has 0 saturated heterocycles. The number of aromatic carboxylic acids is 1. The molecule has 4 heteroatoms. The van der Waals surface area contributed by atoms with E-state index in [1.165, 1.54) is 24.3 Å². The number of aryl methyl sites for hydroxylation is 1. The summed E-state index contributed by atoms with van der Waals surface area (Å²) in [5.74, 6) is -1.83. The quantitative estimate of drug-likeness (QED) is 0.666. The summed E-state index contributed by atoms with van der Waals surface area (Å²) >= 11 is 0. The fourth-order valence-electron chi connectivity index (χ4n) is 1.90. The van der Waals surface area contributed by atoms with Gasteiger partial charge in [-0.15, -0.1) is 0 Å². The summed E-state index contributed by atoms with van der Waals surface area (Å²) in [6, 6.07) is 11.2. The summed E-state index contributed by atoms with van der Waals surface area (Å²) in [5, 5.41) is 18.6. The number of allylic oxidation sites excluding steroid dienone is 1. The van der Waals surface area contributed by atoms with Gasteiger partial charge in [0.25, 0.3) is 0 Å².